The van der Waals surface area contributed by atoms with Crippen LogP contribution in [0.15, 0.2) is 60.7 Å². The lowest BCUT2D eigenvalue weighted by molar-refractivity contribution is 0.163. The third kappa shape index (κ3) is 4.21. The molecule has 2 aliphatic heterocycles. The van der Waals surface area contributed by atoms with Crippen molar-refractivity contribution < 1.29 is 45.2 Å². The van der Waals surface area contributed by atoms with Crippen molar-refractivity contribution >= 4 is 0 Å². The molecule has 3 atom stereocenters. The highest BCUT2D eigenvalue weighted by atomic mass is 16.5. The molecular weight excluding hydrogens is 504 g/mol. The number of benzene rings is 4. The molecule has 4 aromatic rings. The zero-order valence-corrected chi connectivity index (χ0v) is 20.6. The lowest BCUT2D eigenvalue weighted by atomic mass is 9.80. The number of fused-ring (bicyclic) bond motifs is 2. The Kier molecular flexibility index (Phi) is 5.71. The number of ether oxygens (including phenoxy) is 2. The summed E-state index contributed by atoms with van der Waals surface area (Å²) in [5.74, 6) is -1.52. The van der Waals surface area contributed by atoms with Gasteiger partial charge in [0.05, 0.1) is 0 Å². The van der Waals surface area contributed by atoms with Crippen LogP contribution in [0.4, 0.5) is 0 Å². The molecule has 2 heterocycles. The molecule has 0 radical (unpaired) electrons. The van der Waals surface area contributed by atoms with Crippen LogP contribution in [0.1, 0.15) is 58.8 Å². The summed E-state index contributed by atoms with van der Waals surface area (Å²) in [6, 6.07) is 15.4. The summed E-state index contributed by atoms with van der Waals surface area (Å²) in [5.41, 5.74) is 2.74. The fraction of sp³-hybridized carbons (Fsp3) is 0.200. The third-order valence-electron chi connectivity index (χ3n) is 7.48. The minimum Gasteiger partial charge on any atom is -0.508 e. The van der Waals surface area contributed by atoms with Gasteiger partial charge in [0.25, 0.3) is 0 Å². The topological polar surface area (TPSA) is 160 Å². The molecule has 0 aromatic heterocycles. The quantitative estimate of drug-likeness (QED) is 0.173. The number of phenolic OH excluding ortho intramolecular Hbond substituents is 7. The monoisotopic (exact) mass is 530 g/mol. The molecule has 9 nitrogen and oxygen atoms in total. The van der Waals surface area contributed by atoms with Crippen LogP contribution in [-0.2, 0) is 6.42 Å². The Labute approximate surface area is 223 Å². The maximum Gasteiger partial charge on any atom is 0.200 e. The summed E-state index contributed by atoms with van der Waals surface area (Å²) in [4.78, 5) is 0. The van der Waals surface area contributed by atoms with Crippen LogP contribution in [0.25, 0.3) is 0 Å². The van der Waals surface area contributed by atoms with Crippen LogP contribution in [-0.4, -0.2) is 35.7 Å². The van der Waals surface area contributed by atoms with Crippen molar-refractivity contribution in [2.75, 3.05) is 0 Å². The van der Waals surface area contributed by atoms with Gasteiger partial charge in [0.15, 0.2) is 17.2 Å². The fourth-order valence-electron chi connectivity index (χ4n) is 5.54. The first-order chi connectivity index (χ1) is 18.7. The highest BCUT2D eigenvalue weighted by Gasteiger charge is 2.36. The highest BCUT2D eigenvalue weighted by molar-refractivity contribution is 5.62. The van der Waals surface area contributed by atoms with Crippen molar-refractivity contribution in [3.63, 3.8) is 0 Å². The maximum atomic E-state index is 11.4. The Morgan fingerprint density at radius 3 is 1.97 bits per heavy atom. The molecule has 0 fully saturated rings. The van der Waals surface area contributed by atoms with Gasteiger partial charge in [-0.1, -0.05) is 18.2 Å². The highest BCUT2D eigenvalue weighted by Crippen LogP contribution is 2.54. The number of aromatic hydroxyl groups is 7. The molecule has 0 saturated carbocycles. The van der Waals surface area contributed by atoms with E-state index in [0.29, 0.717) is 47.3 Å². The minimum absolute atomic E-state index is 0.0171. The Morgan fingerprint density at radius 1 is 0.590 bits per heavy atom. The van der Waals surface area contributed by atoms with Gasteiger partial charge in [-0.3, -0.25) is 0 Å². The Bertz CT molecular complexity index is 1560. The minimum atomic E-state index is -0.620. The van der Waals surface area contributed by atoms with Gasteiger partial charge in [0, 0.05) is 34.7 Å². The van der Waals surface area contributed by atoms with Gasteiger partial charge >= 0.3 is 0 Å². The molecule has 7 N–H and O–H groups in total. The van der Waals surface area contributed by atoms with Crippen molar-refractivity contribution in [3.8, 4) is 51.7 Å². The average Bonchev–Trinajstić information content (AvgIpc) is 2.91. The second-order valence-corrected chi connectivity index (χ2v) is 9.90. The van der Waals surface area contributed by atoms with Gasteiger partial charge < -0.3 is 45.2 Å². The smallest absolute Gasteiger partial charge is 0.200 e. The van der Waals surface area contributed by atoms with Crippen molar-refractivity contribution in [1.82, 2.24) is 0 Å². The molecule has 6 rings (SSSR count). The lowest BCUT2D eigenvalue weighted by Gasteiger charge is -2.35. The molecular formula is C30H26O9. The molecule has 4 aromatic carbocycles. The second kappa shape index (κ2) is 9.13. The van der Waals surface area contributed by atoms with Gasteiger partial charge in [-0.15, -0.1) is 0 Å². The second-order valence-electron chi connectivity index (χ2n) is 9.90. The van der Waals surface area contributed by atoms with E-state index in [1.807, 2.05) is 0 Å². The van der Waals surface area contributed by atoms with Gasteiger partial charge in [-0.05, 0) is 60.7 Å². The van der Waals surface area contributed by atoms with Crippen molar-refractivity contribution in [2.45, 2.75) is 37.4 Å². The average molecular weight is 531 g/mol. The molecule has 200 valence electrons. The summed E-state index contributed by atoms with van der Waals surface area (Å²) in [5, 5.41) is 71.9. The molecule has 39 heavy (non-hydrogen) atoms. The molecule has 0 saturated heterocycles. The first kappa shape index (κ1) is 24.4. The summed E-state index contributed by atoms with van der Waals surface area (Å²) >= 11 is 0. The van der Waals surface area contributed by atoms with Crippen molar-refractivity contribution in [3.05, 3.63) is 88.5 Å². The van der Waals surface area contributed by atoms with Gasteiger partial charge in [-0.25, -0.2) is 0 Å². The summed E-state index contributed by atoms with van der Waals surface area (Å²) in [6.07, 6.45) is 0.0930. The van der Waals surface area contributed by atoms with E-state index in [4.69, 9.17) is 9.47 Å². The van der Waals surface area contributed by atoms with Gasteiger partial charge in [-0.2, -0.15) is 0 Å². The predicted octanol–water partition coefficient (Wildman–Crippen LogP) is 5.35. The van der Waals surface area contributed by atoms with E-state index in [9.17, 15) is 35.7 Å². The van der Waals surface area contributed by atoms with Crippen LogP contribution in [0.2, 0.25) is 0 Å². The summed E-state index contributed by atoms with van der Waals surface area (Å²) < 4.78 is 12.2. The molecule has 0 bridgehead atoms. The number of hydrogen-bond donors (Lipinski definition) is 7. The van der Waals surface area contributed by atoms with E-state index in [2.05, 4.69) is 0 Å². The third-order valence-corrected chi connectivity index (χ3v) is 7.48. The SMILES string of the molecule is Oc1ccc(C2C[C@H](c3c(O)cc4c(c3O)CC[C@@H](c3cc(O)c(O)c(O)c3)O4)c3ccc(O)cc3O2)cc1. The number of rotatable bonds is 3. The van der Waals surface area contributed by atoms with Gasteiger partial charge in [0.2, 0.25) is 0 Å². The van der Waals surface area contributed by atoms with Crippen LogP contribution < -0.4 is 9.47 Å². The summed E-state index contributed by atoms with van der Waals surface area (Å²) in [6.45, 7) is 0. The van der Waals surface area contributed by atoms with Crippen LogP contribution in [0, 0.1) is 0 Å². The van der Waals surface area contributed by atoms with E-state index < -0.39 is 35.4 Å². The Hall–Kier alpha value is -4.92. The van der Waals surface area contributed by atoms with Crippen LogP contribution in [0.5, 0.6) is 51.7 Å². The maximum absolute atomic E-state index is 11.4. The van der Waals surface area contributed by atoms with Gasteiger partial charge in [0.1, 0.15) is 46.7 Å². The van der Waals surface area contributed by atoms with Crippen LogP contribution in [0.3, 0.4) is 0 Å². The van der Waals surface area contributed by atoms with E-state index in [0.717, 1.165) is 5.56 Å². The van der Waals surface area contributed by atoms with E-state index in [1.165, 1.54) is 30.3 Å². The van der Waals surface area contributed by atoms with Crippen LogP contribution >= 0.6 is 0 Å². The Balaban J connectivity index is 1.39. The normalized spacial score (nSPS) is 19.8. The largest absolute Gasteiger partial charge is 0.508 e. The van der Waals surface area contributed by atoms with Crippen molar-refractivity contribution in [1.29, 1.82) is 0 Å². The zero-order valence-electron chi connectivity index (χ0n) is 20.6. The molecule has 2 aliphatic rings. The molecule has 0 amide bonds. The first-order valence-electron chi connectivity index (χ1n) is 12.5. The predicted molar refractivity (Wildman–Crippen MR) is 139 cm³/mol. The van der Waals surface area contributed by atoms with E-state index in [-0.39, 0.29) is 28.7 Å². The fourth-order valence-corrected chi connectivity index (χ4v) is 5.54. The first-order valence-corrected chi connectivity index (χ1v) is 12.5. The molecule has 0 spiro atoms. The van der Waals surface area contributed by atoms with E-state index >= 15 is 0 Å². The van der Waals surface area contributed by atoms with Crippen molar-refractivity contribution in [2.24, 2.45) is 0 Å². The Morgan fingerprint density at radius 2 is 1.26 bits per heavy atom. The molecule has 9 heteroatoms. The zero-order chi connectivity index (χ0) is 27.4. The molecule has 0 aliphatic carbocycles. The van der Waals surface area contributed by atoms with E-state index in [1.54, 1.807) is 30.3 Å². The lowest BCUT2D eigenvalue weighted by Crippen LogP contribution is -2.21. The number of hydrogen-bond acceptors (Lipinski definition) is 9. The summed E-state index contributed by atoms with van der Waals surface area (Å²) in [7, 11) is 0. The number of phenols is 7. The standard InChI is InChI=1S/C30H26O9/c31-16-3-1-14(2-4-16)25-12-20(18-6-5-17(32)11-26(18)39-25)28-21(33)13-27-19(29(28)36)7-8-24(38-27)15-9-22(34)30(37)23(35)10-15/h1-6,9-11,13,20,24-25,31-37H,7-8,12H2/t20-,24-,25?/m0/s1. The molecule has 1 unspecified atom stereocenters.